The fourth-order valence-corrected chi connectivity index (χ4v) is 1.15. The van der Waals surface area contributed by atoms with Crippen molar-refractivity contribution in [2.45, 2.75) is 27.7 Å². The number of hydrogen-bond acceptors (Lipinski definition) is 3. The Bertz CT molecular complexity index is 370. The Labute approximate surface area is 91.2 Å². The highest BCUT2D eigenvalue weighted by Crippen LogP contribution is 2.25. The van der Waals surface area contributed by atoms with Crippen LogP contribution in [0.2, 0.25) is 0 Å². The van der Waals surface area contributed by atoms with Gasteiger partial charge >= 0.3 is 0 Å². The van der Waals surface area contributed by atoms with Crippen molar-refractivity contribution in [2.24, 2.45) is 10.9 Å². The maximum absolute atomic E-state index is 5.15. The lowest BCUT2D eigenvalue weighted by Crippen LogP contribution is -2.01. The second kappa shape index (κ2) is 4.91. The standard InChI is InChI=1S/C12H18N2O/c1-8(2)10(4)14-11-6-7-13-12(15-5)9(11)3/h6-8H,1-5H3. The van der Waals surface area contributed by atoms with E-state index in [0.717, 1.165) is 17.0 Å². The van der Waals surface area contributed by atoms with E-state index in [0.29, 0.717) is 11.8 Å². The summed E-state index contributed by atoms with van der Waals surface area (Å²) in [5.41, 5.74) is 3.04. The first kappa shape index (κ1) is 11.7. The minimum absolute atomic E-state index is 0.462. The van der Waals surface area contributed by atoms with Crippen LogP contribution in [-0.2, 0) is 0 Å². The van der Waals surface area contributed by atoms with Crippen molar-refractivity contribution in [3.05, 3.63) is 17.8 Å². The molecule has 82 valence electrons. The number of rotatable bonds is 3. The Kier molecular flexibility index (Phi) is 3.83. The largest absolute Gasteiger partial charge is 0.481 e. The second-order valence-electron chi connectivity index (χ2n) is 3.87. The van der Waals surface area contributed by atoms with Crippen LogP contribution >= 0.6 is 0 Å². The highest BCUT2D eigenvalue weighted by atomic mass is 16.5. The first-order chi connectivity index (χ1) is 7.06. The molecule has 0 N–H and O–H groups in total. The second-order valence-corrected chi connectivity index (χ2v) is 3.87. The first-order valence-corrected chi connectivity index (χ1v) is 5.11. The summed E-state index contributed by atoms with van der Waals surface area (Å²) < 4.78 is 5.15. The molecule has 0 spiro atoms. The molecule has 3 nitrogen and oxygen atoms in total. The Morgan fingerprint density at radius 1 is 1.47 bits per heavy atom. The van der Waals surface area contributed by atoms with Gasteiger partial charge in [-0.25, -0.2) is 4.98 Å². The molecule has 0 bridgehead atoms. The molecule has 1 heterocycles. The zero-order valence-corrected chi connectivity index (χ0v) is 10.0. The smallest absolute Gasteiger partial charge is 0.218 e. The van der Waals surface area contributed by atoms with Gasteiger partial charge in [0.25, 0.3) is 0 Å². The predicted octanol–water partition coefficient (Wildman–Crippen LogP) is 3.15. The van der Waals surface area contributed by atoms with Gasteiger partial charge in [-0.3, -0.25) is 4.99 Å². The van der Waals surface area contributed by atoms with Gasteiger partial charge in [0, 0.05) is 17.5 Å². The molecule has 0 saturated carbocycles. The van der Waals surface area contributed by atoms with Crippen LogP contribution in [0.5, 0.6) is 5.88 Å². The van der Waals surface area contributed by atoms with E-state index >= 15 is 0 Å². The van der Waals surface area contributed by atoms with Crippen LogP contribution in [0.25, 0.3) is 0 Å². The molecule has 0 fully saturated rings. The molecular weight excluding hydrogens is 188 g/mol. The van der Waals surface area contributed by atoms with Gasteiger partial charge in [-0.1, -0.05) is 13.8 Å². The molecule has 1 rings (SSSR count). The summed E-state index contributed by atoms with van der Waals surface area (Å²) in [5.74, 6) is 1.11. The van der Waals surface area contributed by atoms with Gasteiger partial charge < -0.3 is 4.74 Å². The van der Waals surface area contributed by atoms with Crippen LogP contribution in [0, 0.1) is 12.8 Å². The van der Waals surface area contributed by atoms with Gasteiger partial charge in [-0.15, -0.1) is 0 Å². The van der Waals surface area contributed by atoms with Gasteiger partial charge in [0.05, 0.1) is 12.8 Å². The van der Waals surface area contributed by atoms with Crippen molar-refractivity contribution >= 4 is 11.4 Å². The molecule has 15 heavy (non-hydrogen) atoms. The SMILES string of the molecule is COc1nccc(N=C(C)C(C)C)c1C. The van der Waals surface area contributed by atoms with Crippen LogP contribution in [-0.4, -0.2) is 17.8 Å². The third kappa shape index (κ3) is 2.78. The topological polar surface area (TPSA) is 34.5 Å². The Morgan fingerprint density at radius 2 is 2.13 bits per heavy atom. The molecule has 0 aromatic carbocycles. The average molecular weight is 206 g/mol. The normalized spacial score (nSPS) is 12.0. The van der Waals surface area contributed by atoms with E-state index in [-0.39, 0.29) is 0 Å². The Hall–Kier alpha value is -1.38. The molecule has 0 amide bonds. The molecule has 0 aliphatic heterocycles. The van der Waals surface area contributed by atoms with Gasteiger partial charge in [0.1, 0.15) is 0 Å². The number of methoxy groups -OCH3 is 1. The highest BCUT2D eigenvalue weighted by molar-refractivity contribution is 5.86. The minimum Gasteiger partial charge on any atom is -0.481 e. The summed E-state index contributed by atoms with van der Waals surface area (Å²) >= 11 is 0. The van der Waals surface area contributed by atoms with Crippen LogP contribution < -0.4 is 4.74 Å². The average Bonchev–Trinajstić information content (AvgIpc) is 2.21. The molecule has 0 unspecified atom stereocenters. The van der Waals surface area contributed by atoms with E-state index in [1.54, 1.807) is 13.3 Å². The minimum atomic E-state index is 0.462. The number of pyridine rings is 1. The van der Waals surface area contributed by atoms with Crippen molar-refractivity contribution in [1.29, 1.82) is 0 Å². The fourth-order valence-electron chi connectivity index (χ4n) is 1.15. The van der Waals surface area contributed by atoms with E-state index in [1.807, 2.05) is 19.9 Å². The number of aromatic nitrogens is 1. The van der Waals surface area contributed by atoms with Crippen molar-refractivity contribution in [3.63, 3.8) is 0 Å². The third-order valence-electron chi connectivity index (χ3n) is 2.45. The van der Waals surface area contributed by atoms with Crippen molar-refractivity contribution < 1.29 is 4.74 Å². The summed E-state index contributed by atoms with van der Waals surface area (Å²) in [6.07, 6.45) is 1.72. The first-order valence-electron chi connectivity index (χ1n) is 5.11. The molecular formula is C12H18N2O. The lowest BCUT2D eigenvalue weighted by molar-refractivity contribution is 0.395. The van der Waals surface area contributed by atoms with E-state index in [4.69, 9.17) is 4.74 Å². The third-order valence-corrected chi connectivity index (χ3v) is 2.45. The number of ether oxygens (including phenoxy) is 1. The van der Waals surface area contributed by atoms with Crippen molar-refractivity contribution in [3.8, 4) is 5.88 Å². The van der Waals surface area contributed by atoms with E-state index in [2.05, 4.69) is 23.8 Å². The molecule has 0 radical (unpaired) electrons. The maximum Gasteiger partial charge on any atom is 0.218 e. The molecule has 0 saturated heterocycles. The molecule has 0 aliphatic carbocycles. The summed E-state index contributed by atoms with van der Waals surface area (Å²) in [4.78, 5) is 8.68. The van der Waals surface area contributed by atoms with Crippen LogP contribution in [0.15, 0.2) is 17.3 Å². The summed E-state index contributed by atoms with van der Waals surface area (Å²) in [7, 11) is 1.62. The van der Waals surface area contributed by atoms with E-state index < -0.39 is 0 Å². The van der Waals surface area contributed by atoms with Crippen LogP contribution in [0.3, 0.4) is 0 Å². The Balaban J connectivity index is 3.10. The monoisotopic (exact) mass is 206 g/mol. The fraction of sp³-hybridized carbons (Fsp3) is 0.500. The zero-order valence-electron chi connectivity index (χ0n) is 10.0. The van der Waals surface area contributed by atoms with Gasteiger partial charge in [-0.2, -0.15) is 0 Å². The quantitative estimate of drug-likeness (QED) is 0.712. The van der Waals surface area contributed by atoms with Crippen molar-refractivity contribution in [2.75, 3.05) is 7.11 Å². The number of hydrogen-bond donors (Lipinski definition) is 0. The van der Waals surface area contributed by atoms with Gasteiger partial charge in [-0.05, 0) is 25.8 Å². The summed E-state index contributed by atoms with van der Waals surface area (Å²) in [6.45, 7) is 8.27. The molecule has 1 aromatic rings. The zero-order chi connectivity index (χ0) is 11.4. The van der Waals surface area contributed by atoms with Gasteiger partial charge in [0.2, 0.25) is 5.88 Å². The molecule has 0 aliphatic rings. The van der Waals surface area contributed by atoms with Crippen LogP contribution in [0.4, 0.5) is 5.69 Å². The maximum atomic E-state index is 5.15. The predicted molar refractivity (Wildman–Crippen MR) is 63.1 cm³/mol. The summed E-state index contributed by atoms with van der Waals surface area (Å²) in [5, 5.41) is 0. The lowest BCUT2D eigenvalue weighted by Gasteiger charge is -2.08. The van der Waals surface area contributed by atoms with Crippen LogP contribution in [0.1, 0.15) is 26.3 Å². The number of aliphatic imine (C=N–C) groups is 1. The highest BCUT2D eigenvalue weighted by Gasteiger charge is 2.05. The van der Waals surface area contributed by atoms with Gasteiger partial charge in [0.15, 0.2) is 0 Å². The lowest BCUT2D eigenvalue weighted by atomic mass is 10.1. The molecule has 3 heteroatoms. The molecule has 1 aromatic heterocycles. The Morgan fingerprint density at radius 3 is 2.67 bits per heavy atom. The number of nitrogens with zero attached hydrogens (tertiary/aromatic N) is 2. The summed E-state index contributed by atoms with van der Waals surface area (Å²) in [6, 6.07) is 1.91. The molecule has 0 atom stereocenters. The van der Waals surface area contributed by atoms with E-state index in [1.165, 1.54) is 0 Å². The van der Waals surface area contributed by atoms with Crippen molar-refractivity contribution in [1.82, 2.24) is 4.98 Å². The van der Waals surface area contributed by atoms with E-state index in [9.17, 15) is 0 Å².